The molecule has 3 amide bonds. The highest BCUT2D eigenvalue weighted by atomic mass is 35.5. The summed E-state index contributed by atoms with van der Waals surface area (Å²) in [4.78, 5) is 43.4. The Morgan fingerprint density at radius 1 is 1.00 bits per heavy atom. The summed E-state index contributed by atoms with van der Waals surface area (Å²) >= 11 is 7.45. The Balaban J connectivity index is 1.49. The molecule has 32 heavy (non-hydrogen) atoms. The summed E-state index contributed by atoms with van der Waals surface area (Å²) in [5.41, 5.74) is 1.47. The van der Waals surface area contributed by atoms with Gasteiger partial charge in [-0.15, -0.1) is 11.8 Å². The number of halogens is 1. The number of carbonyl (C=O) groups is 3. The van der Waals surface area contributed by atoms with E-state index in [0.717, 1.165) is 36.1 Å². The molecule has 1 fully saturated rings. The van der Waals surface area contributed by atoms with Gasteiger partial charge in [-0.3, -0.25) is 14.4 Å². The highest BCUT2D eigenvalue weighted by molar-refractivity contribution is 8.01. The van der Waals surface area contributed by atoms with Gasteiger partial charge in [-0.1, -0.05) is 54.8 Å². The van der Waals surface area contributed by atoms with Gasteiger partial charge >= 0.3 is 0 Å². The first-order valence-corrected chi connectivity index (χ1v) is 12.2. The van der Waals surface area contributed by atoms with Crippen LogP contribution in [-0.4, -0.2) is 47.5 Å². The molecule has 1 N–H and O–H groups in total. The molecule has 0 spiro atoms. The van der Waals surface area contributed by atoms with Gasteiger partial charge in [0.05, 0.1) is 5.69 Å². The third-order valence-electron chi connectivity index (χ3n) is 5.77. The lowest BCUT2D eigenvalue weighted by atomic mass is 10.2. The average molecular weight is 472 g/mol. The first-order valence-electron chi connectivity index (χ1n) is 10.9. The smallest absolute Gasteiger partial charge is 0.250 e. The standard InChI is InChI=1S/C24H26ClN3O3S/c25-18-10-4-3-9-17(18)15-26-21(29)16-28-19-11-5-6-12-20(19)32-22(24(28)31)23(30)27-13-7-1-2-8-14-27/h3-6,9-12,22H,1-2,7-8,13-16H2,(H,26,29). The maximum Gasteiger partial charge on any atom is 0.250 e. The van der Waals surface area contributed by atoms with Gasteiger partial charge in [0.1, 0.15) is 6.54 Å². The molecule has 2 heterocycles. The summed E-state index contributed by atoms with van der Waals surface area (Å²) in [6, 6.07) is 14.7. The molecule has 2 aromatic carbocycles. The van der Waals surface area contributed by atoms with E-state index in [1.807, 2.05) is 47.4 Å². The van der Waals surface area contributed by atoms with Crippen molar-refractivity contribution < 1.29 is 14.4 Å². The number of hydrogen-bond acceptors (Lipinski definition) is 4. The second-order valence-electron chi connectivity index (χ2n) is 8.00. The van der Waals surface area contributed by atoms with Crippen LogP contribution in [-0.2, 0) is 20.9 Å². The van der Waals surface area contributed by atoms with Crippen LogP contribution in [0.4, 0.5) is 5.69 Å². The molecular formula is C24H26ClN3O3S. The zero-order chi connectivity index (χ0) is 22.5. The van der Waals surface area contributed by atoms with Crippen LogP contribution >= 0.6 is 23.4 Å². The number of fused-ring (bicyclic) bond motifs is 1. The number of hydrogen-bond donors (Lipinski definition) is 1. The van der Waals surface area contributed by atoms with Crippen LogP contribution in [0, 0.1) is 0 Å². The molecule has 0 aliphatic carbocycles. The number of thioether (sulfide) groups is 1. The van der Waals surface area contributed by atoms with Crippen molar-refractivity contribution in [3.63, 3.8) is 0 Å². The molecule has 0 saturated carbocycles. The third kappa shape index (κ3) is 5.10. The lowest BCUT2D eigenvalue weighted by molar-refractivity contribution is -0.135. The van der Waals surface area contributed by atoms with Crippen LogP contribution in [0.15, 0.2) is 53.4 Å². The molecule has 0 bridgehead atoms. The van der Waals surface area contributed by atoms with E-state index in [9.17, 15) is 14.4 Å². The van der Waals surface area contributed by atoms with E-state index >= 15 is 0 Å². The van der Waals surface area contributed by atoms with Gasteiger partial charge in [-0.25, -0.2) is 0 Å². The molecule has 4 rings (SSSR count). The number of anilines is 1. The molecule has 6 nitrogen and oxygen atoms in total. The largest absolute Gasteiger partial charge is 0.350 e. The number of carbonyl (C=O) groups excluding carboxylic acids is 3. The third-order valence-corrected chi connectivity index (χ3v) is 7.38. The molecule has 1 unspecified atom stereocenters. The number of nitrogens with zero attached hydrogens (tertiary/aromatic N) is 2. The summed E-state index contributed by atoms with van der Waals surface area (Å²) in [5.74, 6) is -0.797. The molecule has 1 saturated heterocycles. The first-order chi connectivity index (χ1) is 15.5. The van der Waals surface area contributed by atoms with Crippen molar-refractivity contribution in [3.8, 4) is 0 Å². The highest BCUT2D eigenvalue weighted by Gasteiger charge is 2.40. The Morgan fingerprint density at radius 2 is 1.69 bits per heavy atom. The maximum absolute atomic E-state index is 13.4. The van der Waals surface area contributed by atoms with Crippen molar-refractivity contribution in [2.45, 2.75) is 42.4 Å². The Bertz CT molecular complexity index is 1010. The van der Waals surface area contributed by atoms with Crippen molar-refractivity contribution in [3.05, 3.63) is 59.1 Å². The molecule has 0 aromatic heterocycles. The van der Waals surface area contributed by atoms with E-state index < -0.39 is 5.25 Å². The van der Waals surface area contributed by atoms with E-state index in [0.29, 0.717) is 23.8 Å². The van der Waals surface area contributed by atoms with Crippen molar-refractivity contribution in [1.82, 2.24) is 10.2 Å². The van der Waals surface area contributed by atoms with Crippen LogP contribution < -0.4 is 10.2 Å². The zero-order valence-corrected chi connectivity index (χ0v) is 19.3. The second kappa shape index (κ2) is 10.4. The Labute approximate surface area is 197 Å². The molecule has 8 heteroatoms. The van der Waals surface area contributed by atoms with E-state index in [1.165, 1.54) is 16.7 Å². The number of benzene rings is 2. The van der Waals surface area contributed by atoms with Crippen LogP contribution in [0.3, 0.4) is 0 Å². The minimum atomic E-state index is -0.862. The summed E-state index contributed by atoms with van der Waals surface area (Å²) in [7, 11) is 0. The molecule has 2 aliphatic rings. The maximum atomic E-state index is 13.4. The topological polar surface area (TPSA) is 69.7 Å². The van der Waals surface area contributed by atoms with Crippen LogP contribution in [0.5, 0.6) is 0 Å². The fourth-order valence-corrected chi connectivity index (χ4v) is 5.42. The van der Waals surface area contributed by atoms with Crippen LogP contribution in [0.25, 0.3) is 0 Å². The van der Waals surface area contributed by atoms with Crippen LogP contribution in [0.1, 0.15) is 31.2 Å². The Hall–Kier alpha value is -2.51. The van der Waals surface area contributed by atoms with Crippen molar-refractivity contribution in [2.75, 3.05) is 24.5 Å². The van der Waals surface area contributed by atoms with E-state index in [1.54, 1.807) is 6.07 Å². The molecular weight excluding hydrogens is 446 g/mol. The van der Waals surface area contributed by atoms with Gasteiger partial charge in [0.25, 0.3) is 5.91 Å². The molecule has 0 radical (unpaired) electrons. The molecule has 2 aromatic rings. The first kappa shape index (κ1) is 22.7. The van der Waals surface area contributed by atoms with E-state index in [2.05, 4.69) is 5.32 Å². The van der Waals surface area contributed by atoms with Gasteiger partial charge in [0.2, 0.25) is 11.8 Å². The summed E-state index contributed by atoms with van der Waals surface area (Å²) < 4.78 is 0. The van der Waals surface area contributed by atoms with Crippen LogP contribution in [0.2, 0.25) is 5.02 Å². The fraction of sp³-hybridized carbons (Fsp3) is 0.375. The predicted octanol–water partition coefficient (Wildman–Crippen LogP) is 3.87. The molecule has 1 atom stereocenters. The van der Waals surface area contributed by atoms with Crippen molar-refractivity contribution >= 4 is 46.8 Å². The second-order valence-corrected chi connectivity index (χ2v) is 9.55. The molecule has 168 valence electrons. The Kier molecular flexibility index (Phi) is 7.37. The minimum Gasteiger partial charge on any atom is -0.350 e. The van der Waals surface area contributed by atoms with Gasteiger partial charge in [-0.2, -0.15) is 0 Å². The van der Waals surface area contributed by atoms with Crippen molar-refractivity contribution in [2.24, 2.45) is 0 Å². The zero-order valence-electron chi connectivity index (χ0n) is 17.8. The monoisotopic (exact) mass is 471 g/mol. The van der Waals surface area contributed by atoms with Gasteiger partial charge in [0, 0.05) is 29.6 Å². The Morgan fingerprint density at radius 3 is 2.44 bits per heavy atom. The summed E-state index contributed by atoms with van der Waals surface area (Å²) in [6.45, 7) is 1.49. The lowest BCUT2D eigenvalue weighted by Crippen LogP contribution is -2.52. The summed E-state index contributed by atoms with van der Waals surface area (Å²) in [5, 5.41) is 2.55. The lowest BCUT2D eigenvalue weighted by Gasteiger charge is -2.34. The number of likely N-dealkylation sites (tertiary alicyclic amines) is 1. The SMILES string of the molecule is O=C(CN1C(=O)C(C(=O)N2CCCCCC2)Sc2ccccc21)NCc1ccccc1Cl. The normalized spacial score (nSPS) is 18.7. The van der Waals surface area contributed by atoms with Crippen molar-refractivity contribution in [1.29, 1.82) is 0 Å². The number of nitrogens with one attached hydrogen (secondary N) is 1. The highest BCUT2D eigenvalue weighted by Crippen LogP contribution is 2.39. The quantitative estimate of drug-likeness (QED) is 0.672. The minimum absolute atomic E-state index is 0.148. The van der Waals surface area contributed by atoms with E-state index in [-0.39, 0.29) is 30.8 Å². The van der Waals surface area contributed by atoms with Gasteiger partial charge < -0.3 is 15.1 Å². The number of amides is 3. The summed E-state index contributed by atoms with van der Waals surface area (Å²) in [6.07, 6.45) is 4.14. The predicted molar refractivity (Wildman–Crippen MR) is 127 cm³/mol. The van der Waals surface area contributed by atoms with E-state index in [4.69, 9.17) is 11.6 Å². The average Bonchev–Trinajstić information content (AvgIpc) is 3.09. The number of rotatable bonds is 5. The fourth-order valence-electron chi connectivity index (χ4n) is 4.03. The van der Waals surface area contributed by atoms with Gasteiger partial charge in [0.15, 0.2) is 5.25 Å². The molecule has 2 aliphatic heterocycles. The van der Waals surface area contributed by atoms with Gasteiger partial charge in [-0.05, 0) is 36.6 Å². The number of para-hydroxylation sites is 1.